The third-order valence-corrected chi connectivity index (χ3v) is 18.0. The Labute approximate surface area is 375 Å². The molecular weight excluding hydrogens is 833 g/mol. The van der Waals surface area contributed by atoms with Crippen molar-refractivity contribution in [1.29, 1.82) is 0 Å². The molecule has 5 fully saturated rings. The summed E-state index contributed by atoms with van der Waals surface area (Å²) in [5.41, 5.74) is -1.81. The first-order valence-corrected chi connectivity index (χ1v) is 25.8. The summed E-state index contributed by atoms with van der Waals surface area (Å²) in [4.78, 5) is 42.1. The minimum absolute atomic E-state index is 0.0595. The van der Waals surface area contributed by atoms with Crippen LogP contribution in [0.15, 0.2) is 12.2 Å². The number of sulfone groups is 1. The zero-order valence-corrected chi connectivity index (χ0v) is 40.2. The molecule has 15 nitrogen and oxygen atoms in total. The Balaban J connectivity index is 1.25. The van der Waals surface area contributed by atoms with Gasteiger partial charge in [-0.05, 0) is 89.5 Å². The van der Waals surface area contributed by atoms with Crippen LogP contribution in [0, 0.1) is 41.4 Å². The molecule has 0 aromatic carbocycles. The number of carboxylic acids is 1. The number of Topliss-reactive ketones (excluding diaryl/α,β-unsaturated/α-hetero) is 1. The van der Waals surface area contributed by atoms with Crippen LogP contribution in [0.4, 0.5) is 4.79 Å². The number of aliphatic hydroxyl groups is 2. The van der Waals surface area contributed by atoms with E-state index in [0.29, 0.717) is 57.8 Å². The van der Waals surface area contributed by atoms with E-state index in [1.54, 1.807) is 6.92 Å². The lowest BCUT2D eigenvalue weighted by molar-refractivity contribution is -0.398. The molecule has 16 heteroatoms. The number of hydrogen-bond donors (Lipinski definition) is 4. The predicted octanol–water partition coefficient (Wildman–Crippen LogP) is 5.64. The quantitative estimate of drug-likeness (QED) is 0.166. The second-order valence-electron chi connectivity index (χ2n) is 20.5. The number of aliphatic carboxylic acids is 1. The Bertz CT molecular complexity index is 1780. The summed E-state index contributed by atoms with van der Waals surface area (Å²) in [6.07, 6.45) is 5.86. The number of ketones is 1. The molecule has 4 N–H and O–H groups in total. The molecule has 0 saturated carbocycles. The highest BCUT2D eigenvalue weighted by atomic mass is 32.2. The molecule has 6 aliphatic rings. The number of carboxylic acid groups (broad SMARTS) is 1. The lowest BCUT2D eigenvalue weighted by Crippen LogP contribution is -2.66. The number of hydrogen-bond acceptors (Lipinski definition) is 12. The van der Waals surface area contributed by atoms with Gasteiger partial charge in [-0.25, -0.2) is 13.2 Å². The molecule has 5 saturated heterocycles. The Morgan fingerprint density at radius 3 is 2.16 bits per heavy atom. The lowest BCUT2D eigenvalue weighted by atomic mass is 9.72. The Kier molecular flexibility index (Phi) is 15.3. The number of rotatable bonds is 13. The van der Waals surface area contributed by atoms with Gasteiger partial charge in [0.25, 0.3) is 0 Å². The van der Waals surface area contributed by atoms with Crippen LogP contribution in [0.2, 0.25) is 0 Å². The van der Waals surface area contributed by atoms with E-state index in [-0.39, 0.29) is 54.2 Å². The molecule has 0 aromatic rings. The third-order valence-electron chi connectivity index (χ3n) is 16.4. The van der Waals surface area contributed by atoms with Gasteiger partial charge in [-0.3, -0.25) is 9.59 Å². The minimum atomic E-state index is -3.22. The summed E-state index contributed by atoms with van der Waals surface area (Å²) >= 11 is 0. The average Bonchev–Trinajstić information content (AvgIpc) is 3.58. The van der Waals surface area contributed by atoms with Crippen molar-refractivity contribution in [2.75, 3.05) is 24.6 Å². The summed E-state index contributed by atoms with van der Waals surface area (Å²) < 4.78 is 58.9. The van der Waals surface area contributed by atoms with Crippen molar-refractivity contribution in [2.45, 2.75) is 199 Å². The summed E-state index contributed by atoms with van der Waals surface area (Å²) in [6.45, 7) is 19.6. The molecule has 6 aliphatic heterocycles. The molecule has 2 amide bonds. The molecule has 6 heterocycles. The van der Waals surface area contributed by atoms with Crippen molar-refractivity contribution in [3.8, 4) is 0 Å². The molecule has 18 atom stereocenters. The van der Waals surface area contributed by atoms with Crippen LogP contribution < -0.4 is 5.32 Å². The fraction of sp³-hybridized carbons (Fsp3) is 0.894. The van der Waals surface area contributed by atoms with Crippen LogP contribution >= 0.6 is 0 Å². The van der Waals surface area contributed by atoms with E-state index in [1.165, 1.54) is 4.90 Å². The zero-order chi connectivity index (χ0) is 46.4. The fourth-order valence-electron chi connectivity index (χ4n) is 11.8. The molecule has 360 valence electrons. The number of carbonyl (C=O) groups excluding carboxylic acids is 2. The lowest BCUT2D eigenvalue weighted by Gasteiger charge is -2.55. The van der Waals surface area contributed by atoms with Gasteiger partial charge in [-0.2, -0.15) is 0 Å². The highest BCUT2D eigenvalue weighted by molar-refractivity contribution is 7.91. The van der Waals surface area contributed by atoms with Crippen LogP contribution in [0.3, 0.4) is 0 Å². The van der Waals surface area contributed by atoms with Crippen molar-refractivity contribution < 1.29 is 61.8 Å². The number of nitrogens with zero attached hydrogens (tertiary/aromatic N) is 1. The fourth-order valence-corrected chi connectivity index (χ4v) is 13.0. The van der Waals surface area contributed by atoms with E-state index in [0.717, 1.165) is 6.42 Å². The Morgan fingerprint density at radius 2 is 1.56 bits per heavy atom. The van der Waals surface area contributed by atoms with Gasteiger partial charge in [-0.1, -0.05) is 61.5 Å². The van der Waals surface area contributed by atoms with Gasteiger partial charge in [0.15, 0.2) is 21.4 Å². The molecule has 0 aromatic heterocycles. The molecule has 63 heavy (non-hydrogen) atoms. The van der Waals surface area contributed by atoms with Crippen LogP contribution in [0.1, 0.15) is 133 Å². The standard InChI is InChI=1S/C47H78N2O13S/c1-11-33(42(52)53)35-15-14-27(4)40(59-35)31(8)38(50)30(7)39(51)34(12-2)41-28(5)26-29(6)46(60-41)19-16-36(48-43(54)49-22-24-63(56,57)25-23-49)47(62-46)21-20-44(10,61-47)37-17-18-45(55,13-3)32(9)58-37/h16,19,27-38,40-41,50,55H,11-15,17-18,20-26H2,1-10H3,(H,48,54)(H,52,53)/t27-,28-,29+,30-,31-,32-,33+,34-,35+,36?,37+,38+,40+,41-,44-,45+,46-,47-/m0/s1. The third kappa shape index (κ3) is 9.94. The molecule has 1 unspecified atom stereocenters. The van der Waals surface area contributed by atoms with E-state index in [9.17, 15) is 38.1 Å². The number of nitrogens with one attached hydrogen (secondary N) is 1. The van der Waals surface area contributed by atoms with Gasteiger partial charge in [0.1, 0.15) is 11.8 Å². The van der Waals surface area contributed by atoms with E-state index in [4.69, 9.17) is 23.7 Å². The van der Waals surface area contributed by atoms with E-state index in [1.807, 2.05) is 60.6 Å². The summed E-state index contributed by atoms with van der Waals surface area (Å²) in [5, 5.41) is 36.1. The van der Waals surface area contributed by atoms with Crippen LogP contribution in [-0.2, 0) is 43.1 Å². The summed E-state index contributed by atoms with van der Waals surface area (Å²) in [7, 11) is -3.22. The normalized spacial score (nSPS) is 42.9. The maximum absolute atomic E-state index is 14.7. The van der Waals surface area contributed by atoms with Crippen molar-refractivity contribution in [2.24, 2.45) is 41.4 Å². The molecule has 0 radical (unpaired) electrons. The molecule has 0 bridgehead atoms. The number of carbonyl (C=O) groups is 3. The van der Waals surface area contributed by atoms with Crippen LogP contribution in [0.25, 0.3) is 0 Å². The smallest absolute Gasteiger partial charge is 0.318 e. The van der Waals surface area contributed by atoms with Gasteiger partial charge in [0.2, 0.25) is 0 Å². The van der Waals surface area contributed by atoms with E-state index < -0.39 is 105 Å². The van der Waals surface area contributed by atoms with Crippen molar-refractivity contribution in [3.05, 3.63) is 12.2 Å². The first-order valence-electron chi connectivity index (χ1n) is 24.0. The maximum Gasteiger partial charge on any atom is 0.318 e. The van der Waals surface area contributed by atoms with Gasteiger partial charge in [0.05, 0.1) is 65.2 Å². The zero-order valence-electron chi connectivity index (χ0n) is 39.4. The molecular formula is C47H78N2O13S. The number of ether oxygens (including phenoxy) is 5. The van der Waals surface area contributed by atoms with Gasteiger partial charge in [0, 0.05) is 43.2 Å². The minimum Gasteiger partial charge on any atom is -0.481 e. The van der Waals surface area contributed by atoms with Crippen molar-refractivity contribution in [3.63, 3.8) is 0 Å². The summed E-state index contributed by atoms with van der Waals surface area (Å²) in [5.74, 6) is -6.65. The van der Waals surface area contributed by atoms with Crippen molar-refractivity contribution in [1.82, 2.24) is 10.2 Å². The maximum atomic E-state index is 14.7. The molecule has 0 aliphatic carbocycles. The van der Waals surface area contributed by atoms with Gasteiger partial charge in [-0.15, -0.1) is 0 Å². The van der Waals surface area contributed by atoms with E-state index in [2.05, 4.69) is 19.2 Å². The highest BCUT2D eigenvalue weighted by Crippen LogP contribution is 2.54. The number of amides is 2. The van der Waals surface area contributed by atoms with Gasteiger partial charge < -0.3 is 49.2 Å². The Hall–Kier alpha value is -2.18. The largest absolute Gasteiger partial charge is 0.481 e. The van der Waals surface area contributed by atoms with Crippen molar-refractivity contribution >= 4 is 27.6 Å². The first kappa shape index (κ1) is 50.2. The average molecular weight is 911 g/mol. The number of aliphatic hydroxyl groups excluding tert-OH is 1. The second kappa shape index (κ2) is 19.2. The topological polar surface area (TPSA) is 207 Å². The summed E-state index contributed by atoms with van der Waals surface area (Å²) in [6, 6.07) is -1.21. The molecule has 6 rings (SSSR count). The first-order chi connectivity index (χ1) is 29.5. The highest BCUT2D eigenvalue weighted by Gasteiger charge is 2.63. The Morgan fingerprint density at radius 1 is 0.889 bits per heavy atom. The second-order valence-corrected chi connectivity index (χ2v) is 22.8. The van der Waals surface area contributed by atoms with Gasteiger partial charge >= 0.3 is 12.0 Å². The predicted molar refractivity (Wildman–Crippen MR) is 235 cm³/mol. The van der Waals surface area contributed by atoms with Crippen LogP contribution in [-0.4, -0.2) is 136 Å². The molecule has 2 spiro atoms. The number of urea groups is 1. The SMILES string of the molecule is CC[C@@H](C(=O)[C@@H](C)[C@@H](O)[C@H](C)[C@@H]1O[C@@H]([C@@H](CC)C(=O)O)CC[C@@H]1C)[C@H]1O[C@]2(C=CC(NC(=O)N3CCS(=O)(=O)CC3)[C@]3(CC[C@@](C)([C@H]4CC[C@](O)(CC)[C@H](C)O4)O3)O2)[C@H](C)C[C@@H]1C. The monoisotopic (exact) mass is 911 g/mol. The van der Waals surface area contributed by atoms with Crippen LogP contribution in [0.5, 0.6) is 0 Å². The van der Waals surface area contributed by atoms with E-state index >= 15 is 0 Å².